The lowest BCUT2D eigenvalue weighted by atomic mass is 10.1. The quantitative estimate of drug-likeness (QED) is 0.499. The van der Waals surface area contributed by atoms with Gasteiger partial charge < -0.3 is 28.6 Å². The Hall–Kier alpha value is -2.29. The van der Waals surface area contributed by atoms with Crippen molar-refractivity contribution in [3.8, 4) is 11.5 Å². The van der Waals surface area contributed by atoms with Crippen LogP contribution in [0.5, 0.6) is 11.5 Å². The molecular formula is C19H25NO7S. The fourth-order valence-corrected chi connectivity index (χ4v) is 3.52. The van der Waals surface area contributed by atoms with Crippen LogP contribution in [-0.4, -0.2) is 60.4 Å². The van der Waals surface area contributed by atoms with Gasteiger partial charge in [-0.1, -0.05) is 6.07 Å². The SMILES string of the molecule is CCN(C(=O)OC(C)OC(=O)OC1CSC1)C(C)Cc1ccc2c(c1)OCO2. The number of hydrogen-bond acceptors (Lipinski definition) is 8. The Bertz CT molecular complexity index is 710. The Kier molecular flexibility index (Phi) is 6.77. The van der Waals surface area contributed by atoms with Crippen molar-refractivity contribution < 1.29 is 33.3 Å². The summed E-state index contributed by atoms with van der Waals surface area (Å²) in [6, 6.07) is 5.60. The van der Waals surface area contributed by atoms with E-state index in [1.165, 1.54) is 6.92 Å². The molecule has 2 unspecified atom stereocenters. The Morgan fingerprint density at radius 1 is 1.21 bits per heavy atom. The predicted octanol–water partition coefficient (Wildman–Crippen LogP) is 3.42. The number of nitrogens with zero attached hydrogens (tertiary/aromatic N) is 1. The van der Waals surface area contributed by atoms with Crippen molar-refractivity contribution in [1.82, 2.24) is 4.90 Å². The second-order valence-electron chi connectivity index (χ2n) is 6.62. The monoisotopic (exact) mass is 411 g/mol. The first-order valence-corrected chi connectivity index (χ1v) is 10.4. The second kappa shape index (κ2) is 9.27. The van der Waals surface area contributed by atoms with E-state index in [1.54, 1.807) is 16.7 Å². The minimum absolute atomic E-state index is 0.116. The van der Waals surface area contributed by atoms with Crippen LogP contribution in [0.25, 0.3) is 0 Å². The minimum Gasteiger partial charge on any atom is -0.454 e. The summed E-state index contributed by atoms with van der Waals surface area (Å²) in [5.41, 5.74) is 1.02. The van der Waals surface area contributed by atoms with Gasteiger partial charge in [0.15, 0.2) is 11.5 Å². The number of thioether (sulfide) groups is 1. The van der Waals surface area contributed by atoms with Crippen LogP contribution in [-0.2, 0) is 20.6 Å². The third-order valence-electron chi connectivity index (χ3n) is 4.47. The lowest BCUT2D eigenvalue weighted by molar-refractivity contribution is -0.0890. The van der Waals surface area contributed by atoms with Gasteiger partial charge in [0.2, 0.25) is 13.1 Å². The van der Waals surface area contributed by atoms with Crippen molar-refractivity contribution in [1.29, 1.82) is 0 Å². The van der Waals surface area contributed by atoms with Crippen LogP contribution < -0.4 is 9.47 Å². The summed E-state index contributed by atoms with van der Waals surface area (Å²) in [6.45, 7) is 5.97. The van der Waals surface area contributed by atoms with Crippen molar-refractivity contribution in [2.45, 2.75) is 45.6 Å². The Morgan fingerprint density at radius 3 is 2.64 bits per heavy atom. The van der Waals surface area contributed by atoms with Gasteiger partial charge in [-0.05, 0) is 38.0 Å². The van der Waals surface area contributed by atoms with Gasteiger partial charge in [0, 0.05) is 31.0 Å². The molecule has 0 bridgehead atoms. The maximum atomic E-state index is 12.5. The van der Waals surface area contributed by atoms with Gasteiger partial charge in [0.25, 0.3) is 0 Å². The van der Waals surface area contributed by atoms with E-state index in [1.807, 2.05) is 32.0 Å². The van der Waals surface area contributed by atoms with Crippen molar-refractivity contribution >= 4 is 24.0 Å². The number of ether oxygens (including phenoxy) is 5. The number of carbonyl (C=O) groups is 2. The average Bonchev–Trinajstić information content (AvgIpc) is 3.06. The van der Waals surface area contributed by atoms with Crippen LogP contribution in [0.2, 0.25) is 0 Å². The lowest BCUT2D eigenvalue weighted by Crippen LogP contribution is -2.42. The molecule has 0 saturated carbocycles. The summed E-state index contributed by atoms with van der Waals surface area (Å²) in [6.07, 6.45) is -1.89. The smallest absolute Gasteiger partial charge is 0.454 e. The van der Waals surface area contributed by atoms with Gasteiger partial charge in [-0.2, -0.15) is 11.8 Å². The maximum absolute atomic E-state index is 12.5. The molecule has 0 aliphatic carbocycles. The Labute approximate surface area is 168 Å². The summed E-state index contributed by atoms with van der Waals surface area (Å²) < 4.78 is 26.0. The molecule has 2 aliphatic heterocycles. The third-order valence-corrected chi connectivity index (χ3v) is 5.69. The normalized spacial score (nSPS) is 17.2. The number of fused-ring (bicyclic) bond motifs is 1. The third kappa shape index (κ3) is 5.15. The van der Waals surface area contributed by atoms with Crippen molar-refractivity contribution in [3.63, 3.8) is 0 Å². The molecular weight excluding hydrogens is 386 g/mol. The molecule has 1 aromatic carbocycles. The van der Waals surface area contributed by atoms with Gasteiger partial charge in [-0.3, -0.25) is 0 Å². The van der Waals surface area contributed by atoms with Crippen LogP contribution in [0, 0.1) is 0 Å². The summed E-state index contributed by atoms with van der Waals surface area (Å²) in [5.74, 6) is 2.97. The van der Waals surface area contributed by atoms with Crippen LogP contribution in [0.15, 0.2) is 18.2 Å². The number of likely N-dealkylation sites (N-methyl/N-ethyl adjacent to an activating group) is 1. The first kappa shape index (κ1) is 20.4. The van der Waals surface area contributed by atoms with Crippen molar-refractivity contribution in [3.05, 3.63) is 23.8 Å². The summed E-state index contributed by atoms with van der Waals surface area (Å²) in [5, 5.41) is 0. The summed E-state index contributed by atoms with van der Waals surface area (Å²) in [4.78, 5) is 25.7. The maximum Gasteiger partial charge on any atom is 0.511 e. The topological polar surface area (TPSA) is 83.5 Å². The van der Waals surface area contributed by atoms with E-state index >= 15 is 0 Å². The predicted molar refractivity (Wildman–Crippen MR) is 103 cm³/mol. The lowest BCUT2D eigenvalue weighted by Gasteiger charge is -2.29. The molecule has 1 aromatic rings. The molecule has 2 heterocycles. The van der Waals surface area contributed by atoms with Gasteiger partial charge in [0.05, 0.1) is 0 Å². The Morgan fingerprint density at radius 2 is 1.96 bits per heavy atom. The molecule has 9 heteroatoms. The summed E-state index contributed by atoms with van der Waals surface area (Å²) in [7, 11) is 0. The van der Waals surface area contributed by atoms with E-state index in [9.17, 15) is 9.59 Å². The van der Waals surface area contributed by atoms with Crippen molar-refractivity contribution in [2.24, 2.45) is 0 Å². The number of rotatable bonds is 7. The highest BCUT2D eigenvalue weighted by molar-refractivity contribution is 8.00. The van der Waals surface area contributed by atoms with Crippen LogP contribution in [0.4, 0.5) is 9.59 Å². The molecule has 3 rings (SSSR count). The van der Waals surface area contributed by atoms with Gasteiger partial charge in [-0.15, -0.1) is 0 Å². The molecule has 8 nitrogen and oxygen atoms in total. The number of amides is 1. The van der Waals surface area contributed by atoms with E-state index in [4.69, 9.17) is 23.7 Å². The molecule has 154 valence electrons. The highest BCUT2D eigenvalue weighted by Gasteiger charge is 2.27. The number of hydrogen-bond donors (Lipinski definition) is 0. The number of carbonyl (C=O) groups excluding carboxylic acids is 2. The van der Waals surface area contributed by atoms with E-state index in [0.717, 1.165) is 22.8 Å². The first-order valence-electron chi connectivity index (χ1n) is 9.27. The zero-order valence-corrected chi connectivity index (χ0v) is 17.0. The largest absolute Gasteiger partial charge is 0.511 e. The highest BCUT2D eigenvalue weighted by atomic mass is 32.2. The minimum atomic E-state index is -1.03. The zero-order valence-electron chi connectivity index (χ0n) is 16.2. The molecule has 2 aliphatic rings. The fourth-order valence-electron chi connectivity index (χ4n) is 2.96. The average molecular weight is 411 g/mol. The van der Waals surface area contributed by atoms with E-state index < -0.39 is 18.5 Å². The summed E-state index contributed by atoms with van der Waals surface area (Å²) >= 11 is 1.69. The van der Waals surface area contributed by atoms with Gasteiger partial charge >= 0.3 is 12.2 Å². The van der Waals surface area contributed by atoms with Crippen LogP contribution >= 0.6 is 11.8 Å². The molecule has 1 fully saturated rings. The number of benzene rings is 1. The fraction of sp³-hybridized carbons (Fsp3) is 0.579. The van der Waals surface area contributed by atoms with E-state index in [0.29, 0.717) is 18.7 Å². The first-order chi connectivity index (χ1) is 13.5. The van der Waals surface area contributed by atoms with Gasteiger partial charge in [0.1, 0.15) is 6.10 Å². The molecule has 0 radical (unpaired) electrons. The Balaban J connectivity index is 1.49. The molecule has 28 heavy (non-hydrogen) atoms. The standard InChI is InChI=1S/C19H25NO7S/c1-4-20(12(2)7-14-5-6-16-17(8-14)24-11-23-16)18(21)25-13(3)26-19(22)27-15-9-28-10-15/h5-6,8,12-13,15H,4,7,9-11H2,1-3H3. The van der Waals surface area contributed by atoms with Crippen LogP contribution in [0.3, 0.4) is 0 Å². The second-order valence-corrected chi connectivity index (χ2v) is 7.70. The molecule has 2 atom stereocenters. The van der Waals surface area contributed by atoms with E-state index in [-0.39, 0.29) is 18.9 Å². The van der Waals surface area contributed by atoms with Gasteiger partial charge in [-0.25, -0.2) is 9.59 Å². The molecule has 0 N–H and O–H groups in total. The highest BCUT2D eigenvalue weighted by Crippen LogP contribution is 2.33. The van der Waals surface area contributed by atoms with E-state index in [2.05, 4.69) is 0 Å². The van der Waals surface area contributed by atoms with Crippen molar-refractivity contribution in [2.75, 3.05) is 24.8 Å². The molecule has 0 spiro atoms. The molecule has 1 saturated heterocycles. The zero-order chi connectivity index (χ0) is 20.1. The molecule has 0 aromatic heterocycles. The molecule has 1 amide bonds. The van der Waals surface area contributed by atoms with Crippen LogP contribution in [0.1, 0.15) is 26.3 Å².